The standard InChI is InChI=1S/C26H33N5O2/c1-18-14-20(3)22(15-19(18)2)16-30-11-10-24-28-29-26(31(24)13-12-30)21(4)27-25(32)17-33-23-8-6-5-7-9-23/h5-9,14-15,21H,10-13,16-17H2,1-4H3,(H,27,32). The molecule has 1 aliphatic rings. The van der Waals surface area contributed by atoms with Crippen LogP contribution in [0.3, 0.4) is 0 Å². The number of nitrogens with zero attached hydrogens (tertiary/aromatic N) is 4. The zero-order valence-corrected chi connectivity index (χ0v) is 20.0. The van der Waals surface area contributed by atoms with E-state index in [1.165, 1.54) is 22.3 Å². The fraction of sp³-hybridized carbons (Fsp3) is 0.423. The van der Waals surface area contributed by atoms with Crippen LogP contribution in [0.4, 0.5) is 0 Å². The molecule has 0 aliphatic carbocycles. The minimum Gasteiger partial charge on any atom is -0.484 e. The number of fused-ring (bicyclic) bond motifs is 1. The fourth-order valence-electron chi connectivity index (χ4n) is 4.31. The van der Waals surface area contributed by atoms with Gasteiger partial charge >= 0.3 is 0 Å². The summed E-state index contributed by atoms with van der Waals surface area (Å²) in [5.41, 5.74) is 5.41. The molecule has 0 fully saturated rings. The first-order valence-electron chi connectivity index (χ1n) is 11.6. The summed E-state index contributed by atoms with van der Waals surface area (Å²) in [6.07, 6.45) is 0.842. The number of aromatic nitrogens is 3. The van der Waals surface area contributed by atoms with Gasteiger partial charge in [0.2, 0.25) is 0 Å². The Morgan fingerprint density at radius 1 is 1.03 bits per heavy atom. The quantitative estimate of drug-likeness (QED) is 0.600. The van der Waals surface area contributed by atoms with E-state index in [-0.39, 0.29) is 18.6 Å². The van der Waals surface area contributed by atoms with E-state index >= 15 is 0 Å². The zero-order valence-electron chi connectivity index (χ0n) is 20.0. The largest absolute Gasteiger partial charge is 0.484 e. The van der Waals surface area contributed by atoms with E-state index in [4.69, 9.17) is 4.74 Å². The first kappa shape index (κ1) is 23.0. The van der Waals surface area contributed by atoms with Crippen molar-refractivity contribution < 1.29 is 9.53 Å². The highest BCUT2D eigenvalue weighted by molar-refractivity contribution is 5.77. The topological polar surface area (TPSA) is 72.3 Å². The highest BCUT2D eigenvalue weighted by atomic mass is 16.5. The Labute approximate surface area is 195 Å². The average molecular weight is 448 g/mol. The number of para-hydroxylation sites is 1. The summed E-state index contributed by atoms with van der Waals surface area (Å²) in [4.78, 5) is 14.9. The average Bonchev–Trinajstić information content (AvgIpc) is 3.11. The summed E-state index contributed by atoms with van der Waals surface area (Å²) in [5, 5.41) is 11.8. The van der Waals surface area contributed by atoms with Crippen LogP contribution in [0.5, 0.6) is 5.75 Å². The summed E-state index contributed by atoms with van der Waals surface area (Å²) in [5.74, 6) is 2.27. The minimum atomic E-state index is -0.244. The first-order valence-corrected chi connectivity index (χ1v) is 11.6. The van der Waals surface area contributed by atoms with E-state index in [0.717, 1.165) is 44.2 Å². The van der Waals surface area contributed by atoms with Crippen molar-refractivity contribution in [2.45, 2.75) is 53.2 Å². The van der Waals surface area contributed by atoms with Gasteiger partial charge in [0.15, 0.2) is 12.4 Å². The molecule has 1 aromatic heterocycles. The third-order valence-electron chi connectivity index (χ3n) is 6.37. The molecule has 1 N–H and O–H groups in total. The van der Waals surface area contributed by atoms with E-state index in [2.05, 4.69) is 57.9 Å². The van der Waals surface area contributed by atoms with Crippen molar-refractivity contribution in [1.82, 2.24) is 25.0 Å². The molecule has 33 heavy (non-hydrogen) atoms. The highest BCUT2D eigenvalue weighted by Gasteiger charge is 2.23. The molecule has 7 heteroatoms. The molecule has 0 saturated heterocycles. The maximum atomic E-state index is 12.4. The lowest BCUT2D eigenvalue weighted by Gasteiger charge is -2.22. The van der Waals surface area contributed by atoms with Crippen molar-refractivity contribution in [1.29, 1.82) is 0 Å². The summed E-state index contributed by atoms with van der Waals surface area (Å²) in [7, 11) is 0. The van der Waals surface area contributed by atoms with Crippen molar-refractivity contribution in [3.63, 3.8) is 0 Å². The molecule has 1 amide bonds. The van der Waals surface area contributed by atoms with Gasteiger partial charge in [0.1, 0.15) is 11.6 Å². The monoisotopic (exact) mass is 447 g/mol. The van der Waals surface area contributed by atoms with Crippen LogP contribution in [0.1, 0.15) is 46.9 Å². The van der Waals surface area contributed by atoms with Crippen LogP contribution in [0, 0.1) is 20.8 Å². The van der Waals surface area contributed by atoms with Crippen LogP contribution < -0.4 is 10.1 Å². The number of nitrogens with one attached hydrogen (secondary N) is 1. The number of amides is 1. The fourth-order valence-corrected chi connectivity index (χ4v) is 4.31. The molecule has 7 nitrogen and oxygen atoms in total. The number of aryl methyl sites for hydroxylation is 3. The number of carbonyl (C=O) groups excluding carboxylic acids is 1. The predicted octanol–water partition coefficient (Wildman–Crippen LogP) is 3.52. The van der Waals surface area contributed by atoms with Crippen molar-refractivity contribution >= 4 is 5.91 Å². The molecule has 2 aromatic carbocycles. The molecule has 0 saturated carbocycles. The van der Waals surface area contributed by atoms with Gasteiger partial charge in [-0.2, -0.15) is 0 Å². The van der Waals surface area contributed by atoms with Gasteiger partial charge in [-0.25, -0.2) is 0 Å². The number of ether oxygens (including phenoxy) is 1. The SMILES string of the molecule is Cc1cc(C)c(CN2CCc3nnc(C(C)NC(=O)COc4ccccc4)n3CC2)cc1C. The van der Waals surface area contributed by atoms with Crippen molar-refractivity contribution in [2.24, 2.45) is 0 Å². The van der Waals surface area contributed by atoms with Crippen LogP contribution in [0.25, 0.3) is 0 Å². The first-order chi connectivity index (χ1) is 15.9. The van der Waals surface area contributed by atoms with Crippen LogP contribution in [0.15, 0.2) is 42.5 Å². The van der Waals surface area contributed by atoms with Crippen molar-refractivity contribution in [2.75, 3.05) is 19.7 Å². The smallest absolute Gasteiger partial charge is 0.258 e. The van der Waals surface area contributed by atoms with Gasteiger partial charge in [0.05, 0.1) is 6.04 Å². The Kier molecular flexibility index (Phi) is 7.08. The van der Waals surface area contributed by atoms with Crippen LogP contribution in [0.2, 0.25) is 0 Å². The molecule has 0 spiro atoms. The Morgan fingerprint density at radius 3 is 2.58 bits per heavy atom. The van der Waals surface area contributed by atoms with Gasteiger partial charge in [-0.05, 0) is 62.1 Å². The molecule has 2 heterocycles. The van der Waals surface area contributed by atoms with Crippen molar-refractivity contribution in [3.8, 4) is 5.75 Å². The third-order valence-corrected chi connectivity index (χ3v) is 6.37. The normalized spacial score (nSPS) is 14.9. The highest BCUT2D eigenvalue weighted by Crippen LogP contribution is 2.20. The Hall–Kier alpha value is -3.19. The van der Waals surface area contributed by atoms with Gasteiger partial charge in [0.25, 0.3) is 5.91 Å². The van der Waals surface area contributed by atoms with Gasteiger partial charge < -0.3 is 14.6 Å². The second-order valence-electron chi connectivity index (χ2n) is 8.91. The second kappa shape index (κ2) is 10.2. The third kappa shape index (κ3) is 5.60. The molecule has 4 rings (SSSR count). The van der Waals surface area contributed by atoms with Gasteiger partial charge in [-0.3, -0.25) is 9.69 Å². The predicted molar refractivity (Wildman–Crippen MR) is 128 cm³/mol. The molecule has 3 aromatic rings. The number of rotatable bonds is 7. The maximum absolute atomic E-state index is 12.4. The van der Waals surface area contributed by atoms with Crippen LogP contribution in [-0.4, -0.2) is 45.3 Å². The summed E-state index contributed by atoms with van der Waals surface area (Å²) in [6.45, 7) is 12.0. The van der Waals surface area contributed by atoms with E-state index in [9.17, 15) is 4.79 Å². The molecular weight excluding hydrogens is 414 g/mol. The molecule has 174 valence electrons. The number of benzene rings is 2. The summed E-state index contributed by atoms with van der Waals surface area (Å²) < 4.78 is 7.72. The van der Waals surface area contributed by atoms with Gasteiger partial charge in [0, 0.05) is 32.6 Å². The van der Waals surface area contributed by atoms with Gasteiger partial charge in [-0.1, -0.05) is 30.3 Å². The molecule has 1 atom stereocenters. The maximum Gasteiger partial charge on any atom is 0.258 e. The molecule has 1 aliphatic heterocycles. The summed E-state index contributed by atoms with van der Waals surface area (Å²) >= 11 is 0. The molecule has 1 unspecified atom stereocenters. The Balaban J connectivity index is 1.35. The van der Waals surface area contributed by atoms with Crippen LogP contribution >= 0.6 is 0 Å². The second-order valence-corrected chi connectivity index (χ2v) is 8.91. The lowest BCUT2D eigenvalue weighted by molar-refractivity contribution is -0.123. The van der Waals surface area contributed by atoms with Gasteiger partial charge in [-0.15, -0.1) is 10.2 Å². The number of carbonyl (C=O) groups is 1. The lowest BCUT2D eigenvalue weighted by atomic mass is 10.0. The van der Waals surface area contributed by atoms with Crippen molar-refractivity contribution in [3.05, 3.63) is 76.4 Å². The molecular formula is C26H33N5O2. The molecule has 0 radical (unpaired) electrons. The number of hydrogen-bond donors (Lipinski definition) is 1. The minimum absolute atomic E-state index is 0.0293. The zero-order chi connectivity index (χ0) is 23.4. The van der Waals surface area contributed by atoms with E-state index in [0.29, 0.717) is 5.75 Å². The van der Waals surface area contributed by atoms with Crippen LogP contribution in [-0.2, 0) is 24.3 Å². The van der Waals surface area contributed by atoms with E-state index in [1.54, 1.807) is 0 Å². The lowest BCUT2D eigenvalue weighted by Crippen LogP contribution is -2.33. The molecule has 0 bridgehead atoms. The number of hydrogen-bond acceptors (Lipinski definition) is 5. The van der Waals surface area contributed by atoms with E-state index in [1.807, 2.05) is 37.3 Å². The van der Waals surface area contributed by atoms with E-state index < -0.39 is 0 Å². The summed E-state index contributed by atoms with van der Waals surface area (Å²) in [6, 6.07) is 13.7. The Bertz CT molecular complexity index is 1110. The Morgan fingerprint density at radius 2 is 1.79 bits per heavy atom.